The molecule has 0 radical (unpaired) electrons. The quantitative estimate of drug-likeness (QED) is 0.282. The maximum absolute atomic E-state index is 13.2. The van der Waals surface area contributed by atoms with Gasteiger partial charge in [-0.3, -0.25) is 9.59 Å². The van der Waals surface area contributed by atoms with Gasteiger partial charge in [0.25, 0.3) is 5.91 Å². The van der Waals surface area contributed by atoms with Crippen LogP contribution in [0.5, 0.6) is 17.2 Å². The molecule has 0 saturated carbocycles. The molecule has 0 fully saturated rings. The third-order valence-electron chi connectivity index (χ3n) is 6.04. The normalized spacial score (nSPS) is 14.4. The third kappa shape index (κ3) is 4.94. The number of fused-ring (bicyclic) bond motifs is 3. The number of alkyl halides is 1. The monoisotopic (exact) mass is 575 g/mol. The Kier molecular flexibility index (Phi) is 8.09. The minimum Gasteiger partial charge on any atom is -0.493 e. The smallest absolute Gasteiger partial charge is 0.261 e. The zero-order valence-electron chi connectivity index (χ0n) is 19.9. The van der Waals surface area contributed by atoms with Crippen LogP contribution in [0.1, 0.15) is 38.1 Å². The van der Waals surface area contributed by atoms with Crippen molar-refractivity contribution in [2.45, 2.75) is 29.1 Å². The molecule has 1 aromatic heterocycles. The molecule has 1 heterocycles. The van der Waals surface area contributed by atoms with Crippen molar-refractivity contribution in [1.82, 2.24) is 5.32 Å². The number of rotatable bonds is 7. The molecule has 1 N–H and O–H groups in total. The summed E-state index contributed by atoms with van der Waals surface area (Å²) in [6, 6.07) is 10.8. The SMILES string of the molecule is COc1cc2c(c(OC)c1OC)-c1ccc(SC)c(=O)cc1[C@@H](NC(=O)c1ccc(CBr)s1)CC2. The predicted molar refractivity (Wildman–Crippen MR) is 145 cm³/mol. The second-order valence-corrected chi connectivity index (χ2v) is 10.5. The number of thiophene rings is 1. The van der Waals surface area contributed by atoms with Gasteiger partial charge in [0.2, 0.25) is 5.75 Å². The number of thioether (sulfide) groups is 1. The van der Waals surface area contributed by atoms with Crippen LogP contribution in [-0.2, 0) is 11.8 Å². The highest BCUT2D eigenvalue weighted by Crippen LogP contribution is 2.50. The number of halogens is 1. The first-order valence-electron chi connectivity index (χ1n) is 11.0. The van der Waals surface area contributed by atoms with Gasteiger partial charge in [0.15, 0.2) is 16.9 Å². The standard InChI is InChI=1S/C26H26BrNO5S2/c1-31-20-11-14-5-8-18(28-26(30)22-9-6-15(13-27)35-22)17-12-19(29)21(34-4)10-7-16(17)23(14)25(33-3)24(20)32-2/h6-7,9-12,18H,5,8,13H2,1-4H3,(H,28,30)/t18-/m0/s1. The highest BCUT2D eigenvalue weighted by molar-refractivity contribution is 9.08. The van der Waals surface area contributed by atoms with Crippen LogP contribution in [0, 0.1) is 0 Å². The Bertz CT molecular complexity index is 1320. The largest absolute Gasteiger partial charge is 0.493 e. The van der Waals surface area contributed by atoms with Gasteiger partial charge < -0.3 is 19.5 Å². The van der Waals surface area contributed by atoms with E-state index in [1.54, 1.807) is 27.4 Å². The van der Waals surface area contributed by atoms with Gasteiger partial charge >= 0.3 is 0 Å². The lowest BCUT2D eigenvalue weighted by Gasteiger charge is -2.20. The second-order valence-electron chi connectivity index (χ2n) is 7.92. The van der Waals surface area contributed by atoms with Crippen LogP contribution >= 0.6 is 39.0 Å². The fourth-order valence-corrected chi connectivity index (χ4v) is 6.17. The molecule has 0 aliphatic heterocycles. The fraction of sp³-hybridized carbons (Fsp3) is 0.308. The summed E-state index contributed by atoms with van der Waals surface area (Å²) in [6.07, 6.45) is 3.14. The summed E-state index contributed by atoms with van der Waals surface area (Å²) in [7, 11) is 4.76. The number of carbonyl (C=O) groups is 1. The molecule has 6 nitrogen and oxygen atoms in total. The number of amides is 1. The average molecular weight is 577 g/mol. The lowest BCUT2D eigenvalue weighted by Crippen LogP contribution is -2.28. The molecule has 1 amide bonds. The molecule has 0 unspecified atom stereocenters. The number of nitrogens with one attached hydrogen (secondary N) is 1. The van der Waals surface area contributed by atoms with E-state index in [0.717, 1.165) is 27.1 Å². The number of benzene rings is 1. The Morgan fingerprint density at radius 3 is 2.51 bits per heavy atom. The van der Waals surface area contributed by atoms with Crippen LogP contribution in [0.3, 0.4) is 0 Å². The van der Waals surface area contributed by atoms with Crippen molar-refractivity contribution in [1.29, 1.82) is 0 Å². The van der Waals surface area contributed by atoms with E-state index in [9.17, 15) is 9.59 Å². The van der Waals surface area contributed by atoms with Crippen molar-refractivity contribution in [3.05, 3.63) is 67.5 Å². The summed E-state index contributed by atoms with van der Waals surface area (Å²) in [5, 5.41) is 3.88. The van der Waals surface area contributed by atoms with Crippen LogP contribution in [0.25, 0.3) is 11.1 Å². The number of methoxy groups -OCH3 is 3. The first kappa shape index (κ1) is 25.6. The van der Waals surface area contributed by atoms with Crippen LogP contribution in [0.4, 0.5) is 0 Å². The van der Waals surface area contributed by atoms with Crippen molar-refractivity contribution in [2.24, 2.45) is 0 Å². The summed E-state index contributed by atoms with van der Waals surface area (Å²) in [5.74, 6) is 1.44. The van der Waals surface area contributed by atoms with E-state index in [2.05, 4.69) is 21.2 Å². The Hall–Kier alpha value is -2.49. The first-order valence-corrected chi connectivity index (χ1v) is 14.1. The van der Waals surface area contributed by atoms with E-state index in [-0.39, 0.29) is 17.4 Å². The molecule has 1 aliphatic rings. The van der Waals surface area contributed by atoms with Crippen LogP contribution < -0.4 is 25.0 Å². The number of ether oxygens (including phenoxy) is 3. The van der Waals surface area contributed by atoms with Gasteiger partial charge in [-0.05, 0) is 66.1 Å². The highest BCUT2D eigenvalue weighted by Gasteiger charge is 2.30. The van der Waals surface area contributed by atoms with Gasteiger partial charge in [-0.1, -0.05) is 22.0 Å². The Labute approximate surface area is 221 Å². The first-order chi connectivity index (χ1) is 16.9. The Morgan fingerprint density at radius 1 is 1.11 bits per heavy atom. The summed E-state index contributed by atoms with van der Waals surface area (Å²) in [4.78, 5) is 28.6. The van der Waals surface area contributed by atoms with E-state index < -0.39 is 0 Å². The zero-order chi connectivity index (χ0) is 25.1. The van der Waals surface area contributed by atoms with Gasteiger partial charge in [-0.2, -0.15) is 0 Å². The molecule has 1 aliphatic carbocycles. The number of aryl methyl sites for hydroxylation is 1. The van der Waals surface area contributed by atoms with Crippen molar-refractivity contribution in [2.75, 3.05) is 27.6 Å². The predicted octanol–water partition coefficient (Wildman–Crippen LogP) is 5.84. The average Bonchev–Trinajstić information content (AvgIpc) is 3.24. The molecule has 3 aromatic rings. The van der Waals surface area contributed by atoms with Crippen molar-refractivity contribution >= 4 is 44.9 Å². The van der Waals surface area contributed by atoms with Crippen LogP contribution in [-0.4, -0.2) is 33.5 Å². The van der Waals surface area contributed by atoms with Crippen molar-refractivity contribution in [3.63, 3.8) is 0 Å². The van der Waals surface area contributed by atoms with Gasteiger partial charge in [0.1, 0.15) is 0 Å². The molecule has 9 heteroatoms. The Balaban J connectivity index is 1.92. The third-order valence-corrected chi connectivity index (χ3v) is 8.88. The molecule has 0 spiro atoms. The highest BCUT2D eigenvalue weighted by atomic mass is 79.9. The molecular weight excluding hydrogens is 550 g/mol. The maximum atomic E-state index is 13.2. The lowest BCUT2D eigenvalue weighted by molar-refractivity contribution is 0.0939. The summed E-state index contributed by atoms with van der Waals surface area (Å²) in [6.45, 7) is 0. The van der Waals surface area contributed by atoms with E-state index in [4.69, 9.17) is 14.2 Å². The minimum atomic E-state index is -0.365. The van der Waals surface area contributed by atoms with E-state index in [1.807, 2.05) is 36.6 Å². The fourth-order valence-electron chi connectivity index (χ4n) is 4.42. The summed E-state index contributed by atoms with van der Waals surface area (Å²) >= 11 is 6.29. The number of carbonyl (C=O) groups excluding carboxylic acids is 1. The van der Waals surface area contributed by atoms with Crippen LogP contribution in [0.2, 0.25) is 0 Å². The molecule has 0 bridgehead atoms. The Morgan fingerprint density at radius 2 is 1.89 bits per heavy atom. The topological polar surface area (TPSA) is 73.9 Å². The molecule has 35 heavy (non-hydrogen) atoms. The van der Waals surface area contributed by atoms with Gasteiger partial charge in [-0.15, -0.1) is 23.1 Å². The molecule has 4 rings (SSSR count). The van der Waals surface area contributed by atoms with E-state index in [1.165, 1.54) is 23.1 Å². The maximum Gasteiger partial charge on any atom is 0.261 e. The van der Waals surface area contributed by atoms with Gasteiger partial charge in [0, 0.05) is 15.8 Å². The molecular formula is C26H26BrNO5S2. The number of hydrogen-bond donors (Lipinski definition) is 1. The number of hydrogen-bond acceptors (Lipinski definition) is 7. The van der Waals surface area contributed by atoms with Crippen molar-refractivity contribution < 1.29 is 19.0 Å². The van der Waals surface area contributed by atoms with Gasteiger partial charge in [-0.25, -0.2) is 0 Å². The minimum absolute atomic E-state index is 0.0846. The summed E-state index contributed by atoms with van der Waals surface area (Å²) in [5.41, 5.74) is 3.34. The van der Waals surface area contributed by atoms with E-state index >= 15 is 0 Å². The van der Waals surface area contributed by atoms with Crippen LogP contribution in [0.15, 0.2) is 46.1 Å². The van der Waals surface area contributed by atoms with Gasteiger partial charge in [0.05, 0.1) is 37.1 Å². The second kappa shape index (κ2) is 11.1. The van der Waals surface area contributed by atoms with E-state index in [0.29, 0.717) is 45.2 Å². The molecule has 1 atom stereocenters. The van der Waals surface area contributed by atoms with Crippen molar-refractivity contribution in [3.8, 4) is 28.4 Å². The molecule has 2 aromatic carbocycles. The molecule has 184 valence electrons. The molecule has 0 saturated heterocycles. The lowest BCUT2D eigenvalue weighted by atomic mass is 9.95. The summed E-state index contributed by atoms with van der Waals surface area (Å²) < 4.78 is 17.1. The zero-order valence-corrected chi connectivity index (χ0v) is 23.1.